The van der Waals surface area contributed by atoms with E-state index in [1.807, 2.05) is 5.38 Å². The Balaban J connectivity index is 2.45. The molecule has 0 fully saturated rings. The zero-order valence-corrected chi connectivity index (χ0v) is 7.79. The molecule has 0 N–H and O–H groups in total. The third kappa shape index (κ3) is 1.42. The second kappa shape index (κ2) is 2.88. The number of thiol groups is 1. The fraction of sp³-hybridized carbons (Fsp3) is 0. The molecule has 0 aliphatic carbocycles. The summed E-state index contributed by atoms with van der Waals surface area (Å²) in [5.41, 5.74) is 2.65. The average Bonchev–Trinajstić information content (AvgIpc) is 2.55. The topological polar surface area (TPSA) is 38.7 Å². The third-order valence-electron chi connectivity index (χ3n) is 1.07. The first-order valence-corrected chi connectivity index (χ1v) is 4.98. The first-order valence-electron chi connectivity index (χ1n) is 2.77. The van der Waals surface area contributed by atoms with Gasteiger partial charge in [0, 0.05) is 5.38 Å². The first kappa shape index (κ1) is 7.20. The van der Waals surface area contributed by atoms with Crippen molar-refractivity contribution in [2.45, 2.75) is 4.34 Å². The summed E-state index contributed by atoms with van der Waals surface area (Å²) in [5.74, 6) is 0. The molecule has 0 aliphatic heterocycles. The van der Waals surface area contributed by atoms with Crippen molar-refractivity contribution < 1.29 is 0 Å². The van der Waals surface area contributed by atoms with Crippen LogP contribution in [0.1, 0.15) is 0 Å². The third-order valence-corrected chi connectivity index (χ3v) is 2.76. The van der Waals surface area contributed by atoms with E-state index in [1.54, 1.807) is 16.8 Å². The van der Waals surface area contributed by atoms with Crippen molar-refractivity contribution >= 4 is 35.3 Å². The van der Waals surface area contributed by atoms with Crippen LogP contribution < -0.4 is 0 Å². The molecule has 11 heavy (non-hydrogen) atoms. The highest BCUT2D eigenvalue weighted by atomic mass is 32.2. The van der Waals surface area contributed by atoms with Crippen LogP contribution in [-0.4, -0.2) is 15.2 Å². The van der Waals surface area contributed by atoms with Gasteiger partial charge in [-0.1, -0.05) is 11.3 Å². The van der Waals surface area contributed by atoms with Gasteiger partial charge in [-0.25, -0.2) is 4.98 Å². The van der Waals surface area contributed by atoms with Crippen LogP contribution in [0.5, 0.6) is 0 Å². The van der Waals surface area contributed by atoms with Crippen LogP contribution in [0, 0.1) is 0 Å². The van der Waals surface area contributed by atoms with E-state index in [9.17, 15) is 0 Å². The Hall–Kier alpha value is -0.460. The van der Waals surface area contributed by atoms with Crippen LogP contribution in [-0.2, 0) is 0 Å². The zero-order valence-electron chi connectivity index (χ0n) is 5.26. The van der Waals surface area contributed by atoms with Crippen molar-refractivity contribution in [1.82, 2.24) is 15.2 Å². The van der Waals surface area contributed by atoms with Crippen molar-refractivity contribution in [3.05, 3.63) is 10.9 Å². The standard InChI is InChI=1S/C5H3N3S3/c9-5-8-7-4(11-5)3-1-10-2-6-3/h1-2H,(H,8,9). The van der Waals surface area contributed by atoms with Gasteiger partial charge >= 0.3 is 0 Å². The SMILES string of the molecule is Sc1nnc(-c2cscn2)s1. The highest BCUT2D eigenvalue weighted by molar-refractivity contribution is 7.82. The number of rotatable bonds is 1. The van der Waals surface area contributed by atoms with Gasteiger partial charge in [-0.15, -0.1) is 34.2 Å². The van der Waals surface area contributed by atoms with Gasteiger partial charge in [-0.05, 0) is 0 Å². The quantitative estimate of drug-likeness (QED) is 0.717. The number of hydrogen-bond donors (Lipinski definition) is 1. The van der Waals surface area contributed by atoms with Gasteiger partial charge in [0.25, 0.3) is 0 Å². The van der Waals surface area contributed by atoms with E-state index >= 15 is 0 Å². The largest absolute Gasteiger partial charge is 0.242 e. The fourth-order valence-corrected chi connectivity index (χ4v) is 2.10. The molecule has 0 radical (unpaired) electrons. The Kier molecular flexibility index (Phi) is 1.89. The second-order valence-electron chi connectivity index (χ2n) is 1.76. The molecule has 6 heteroatoms. The second-order valence-corrected chi connectivity index (χ2v) is 4.19. The minimum atomic E-state index is 0.674. The van der Waals surface area contributed by atoms with Crippen molar-refractivity contribution in [2.75, 3.05) is 0 Å². The number of aromatic nitrogens is 3. The summed E-state index contributed by atoms with van der Waals surface area (Å²) in [5, 5.41) is 10.4. The number of thiazole rings is 1. The first-order chi connectivity index (χ1) is 5.36. The maximum Gasteiger partial charge on any atom is 0.171 e. The molecule has 3 nitrogen and oxygen atoms in total. The Labute approximate surface area is 76.6 Å². The molecule has 0 saturated carbocycles. The zero-order chi connectivity index (χ0) is 7.68. The average molecular weight is 201 g/mol. The Bertz CT molecular complexity index is 339. The maximum absolute atomic E-state index is 4.09. The van der Waals surface area contributed by atoms with E-state index < -0.39 is 0 Å². The molecule has 2 aromatic rings. The van der Waals surface area contributed by atoms with Crippen molar-refractivity contribution in [1.29, 1.82) is 0 Å². The molecule has 0 bridgehead atoms. The van der Waals surface area contributed by atoms with Gasteiger partial charge in [0.1, 0.15) is 5.69 Å². The van der Waals surface area contributed by atoms with E-state index in [0.717, 1.165) is 10.7 Å². The lowest BCUT2D eigenvalue weighted by molar-refractivity contribution is 1.02. The lowest BCUT2D eigenvalue weighted by atomic mass is 10.5. The lowest BCUT2D eigenvalue weighted by Gasteiger charge is -1.80. The minimum absolute atomic E-state index is 0.674. The normalized spacial score (nSPS) is 10.3. The highest BCUT2D eigenvalue weighted by Gasteiger charge is 2.04. The number of nitrogens with zero attached hydrogens (tertiary/aromatic N) is 3. The fourth-order valence-electron chi connectivity index (χ4n) is 0.637. The molecule has 0 spiro atoms. The van der Waals surface area contributed by atoms with Gasteiger partial charge in [-0.2, -0.15) is 0 Å². The molecular formula is C5H3N3S3. The van der Waals surface area contributed by atoms with Gasteiger partial charge < -0.3 is 0 Å². The van der Waals surface area contributed by atoms with E-state index in [4.69, 9.17) is 0 Å². The molecule has 0 amide bonds. The molecular weight excluding hydrogens is 198 g/mol. The Morgan fingerprint density at radius 1 is 1.36 bits per heavy atom. The van der Waals surface area contributed by atoms with Crippen molar-refractivity contribution in [2.24, 2.45) is 0 Å². The van der Waals surface area contributed by atoms with Gasteiger partial charge in [0.05, 0.1) is 5.51 Å². The summed E-state index contributed by atoms with van der Waals surface area (Å²) in [4.78, 5) is 4.09. The van der Waals surface area contributed by atoms with Crippen LogP contribution in [0.25, 0.3) is 10.7 Å². The van der Waals surface area contributed by atoms with Gasteiger partial charge in [0.15, 0.2) is 9.35 Å². The van der Waals surface area contributed by atoms with E-state index in [1.165, 1.54) is 11.3 Å². The van der Waals surface area contributed by atoms with E-state index in [-0.39, 0.29) is 0 Å². The highest BCUT2D eigenvalue weighted by Crippen LogP contribution is 2.24. The van der Waals surface area contributed by atoms with Crippen LogP contribution in [0.3, 0.4) is 0 Å². The molecule has 56 valence electrons. The summed E-state index contributed by atoms with van der Waals surface area (Å²) in [6.07, 6.45) is 0. The Morgan fingerprint density at radius 2 is 2.27 bits per heavy atom. The van der Waals surface area contributed by atoms with E-state index in [0.29, 0.717) is 4.34 Å². The smallest absolute Gasteiger partial charge is 0.171 e. The monoisotopic (exact) mass is 201 g/mol. The molecule has 0 aliphatic rings. The molecule has 2 rings (SSSR count). The van der Waals surface area contributed by atoms with Crippen LogP contribution in [0.4, 0.5) is 0 Å². The number of hydrogen-bond acceptors (Lipinski definition) is 6. The van der Waals surface area contributed by atoms with Crippen LogP contribution in [0.2, 0.25) is 0 Å². The summed E-state index contributed by atoms with van der Waals surface area (Å²) >= 11 is 7.03. The van der Waals surface area contributed by atoms with Crippen molar-refractivity contribution in [3.8, 4) is 10.7 Å². The molecule has 0 atom stereocenters. The molecule has 2 aromatic heterocycles. The van der Waals surface area contributed by atoms with Gasteiger partial charge in [0.2, 0.25) is 0 Å². The minimum Gasteiger partial charge on any atom is -0.242 e. The molecule has 0 unspecified atom stereocenters. The van der Waals surface area contributed by atoms with Crippen molar-refractivity contribution in [3.63, 3.8) is 0 Å². The summed E-state index contributed by atoms with van der Waals surface area (Å²) in [6.45, 7) is 0. The van der Waals surface area contributed by atoms with Crippen LogP contribution >= 0.6 is 35.3 Å². The molecule has 2 heterocycles. The summed E-state index contributed by atoms with van der Waals surface area (Å²) in [6, 6.07) is 0. The predicted molar refractivity (Wildman–Crippen MR) is 48.3 cm³/mol. The molecule has 0 saturated heterocycles. The lowest BCUT2D eigenvalue weighted by Crippen LogP contribution is -1.73. The van der Waals surface area contributed by atoms with E-state index in [2.05, 4.69) is 27.8 Å². The van der Waals surface area contributed by atoms with Gasteiger partial charge in [-0.3, -0.25) is 0 Å². The maximum atomic E-state index is 4.09. The van der Waals surface area contributed by atoms with Crippen LogP contribution in [0.15, 0.2) is 15.2 Å². The summed E-state index contributed by atoms with van der Waals surface area (Å²) < 4.78 is 0.674. The predicted octanol–water partition coefficient (Wildman–Crippen LogP) is 1.95. The summed E-state index contributed by atoms with van der Waals surface area (Å²) in [7, 11) is 0. The molecule has 0 aromatic carbocycles. The Morgan fingerprint density at radius 3 is 2.82 bits per heavy atom.